The second-order valence-corrected chi connectivity index (χ2v) is 5.91. The van der Waals surface area contributed by atoms with Crippen molar-refractivity contribution < 1.29 is 4.74 Å². The van der Waals surface area contributed by atoms with Gasteiger partial charge in [0.1, 0.15) is 22.2 Å². The van der Waals surface area contributed by atoms with Crippen LogP contribution in [0.4, 0.5) is 5.82 Å². The van der Waals surface area contributed by atoms with Gasteiger partial charge in [0.15, 0.2) is 0 Å². The Morgan fingerprint density at radius 1 is 1.24 bits per heavy atom. The molecule has 3 rings (SSSR count). The zero-order valence-corrected chi connectivity index (χ0v) is 12.9. The molecule has 2 N–H and O–H groups in total. The number of anilines is 1. The predicted molar refractivity (Wildman–Crippen MR) is 87.0 cm³/mol. The average molecular weight is 299 g/mol. The quantitative estimate of drug-likeness (QED) is 0.801. The number of nitrogen functional groups attached to an aromatic ring is 1. The maximum Gasteiger partial charge on any atom is 0.136 e. The van der Waals surface area contributed by atoms with E-state index in [2.05, 4.69) is 23.0 Å². The highest BCUT2D eigenvalue weighted by atomic mass is 32.1. The summed E-state index contributed by atoms with van der Waals surface area (Å²) >= 11 is 1.68. The number of thiophene rings is 1. The number of aromatic nitrogens is 2. The molecule has 0 saturated carbocycles. The van der Waals surface area contributed by atoms with Gasteiger partial charge in [0.25, 0.3) is 0 Å². The Morgan fingerprint density at radius 2 is 2.05 bits per heavy atom. The van der Waals surface area contributed by atoms with Gasteiger partial charge >= 0.3 is 0 Å². The molecule has 2 aromatic heterocycles. The lowest BCUT2D eigenvalue weighted by molar-refractivity contribution is 0.410. The number of hydrogen-bond donors (Lipinski definition) is 1. The van der Waals surface area contributed by atoms with E-state index < -0.39 is 0 Å². The van der Waals surface area contributed by atoms with Crippen molar-refractivity contribution in [3.8, 4) is 5.75 Å². The summed E-state index contributed by atoms with van der Waals surface area (Å²) < 4.78 is 5.37. The molecule has 0 aliphatic heterocycles. The van der Waals surface area contributed by atoms with E-state index in [1.54, 1.807) is 18.4 Å². The normalized spacial score (nSPS) is 11.0. The highest BCUT2D eigenvalue weighted by Gasteiger charge is 2.11. The van der Waals surface area contributed by atoms with Crippen molar-refractivity contribution in [2.24, 2.45) is 0 Å². The van der Waals surface area contributed by atoms with Gasteiger partial charge in [-0.1, -0.05) is 25.1 Å². The first-order valence-corrected chi connectivity index (χ1v) is 7.69. The third-order valence-electron chi connectivity index (χ3n) is 3.41. The maximum atomic E-state index is 6.07. The van der Waals surface area contributed by atoms with Crippen LogP contribution in [0, 0.1) is 0 Å². The molecule has 0 unspecified atom stereocenters. The van der Waals surface area contributed by atoms with Crippen LogP contribution in [0.25, 0.3) is 10.2 Å². The van der Waals surface area contributed by atoms with Crippen molar-refractivity contribution in [2.75, 3.05) is 12.8 Å². The van der Waals surface area contributed by atoms with E-state index in [4.69, 9.17) is 10.5 Å². The number of rotatable bonds is 4. The van der Waals surface area contributed by atoms with Gasteiger partial charge < -0.3 is 10.5 Å². The minimum atomic E-state index is 0.556. The first-order valence-electron chi connectivity index (χ1n) is 6.88. The molecule has 0 radical (unpaired) electrons. The lowest BCUT2D eigenvalue weighted by atomic mass is 10.1. The number of fused-ring (bicyclic) bond motifs is 1. The molecule has 0 atom stereocenters. The van der Waals surface area contributed by atoms with Crippen molar-refractivity contribution in [3.63, 3.8) is 0 Å². The van der Waals surface area contributed by atoms with E-state index in [-0.39, 0.29) is 0 Å². The predicted octanol–water partition coefficient (Wildman–Crippen LogP) is 3.44. The Bertz CT molecular complexity index is 782. The number of hydrogen-bond acceptors (Lipinski definition) is 5. The van der Waals surface area contributed by atoms with Gasteiger partial charge in [-0.15, -0.1) is 11.3 Å². The van der Waals surface area contributed by atoms with Crippen molar-refractivity contribution in [1.82, 2.24) is 9.97 Å². The molecule has 0 fully saturated rings. The highest BCUT2D eigenvalue weighted by Crippen LogP contribution is 2.29. The van der Waals surface area contributed by atoms with Crippen molar-refractivity contribution in [1.29, 1.82) is 0 Å². The van der Waals surface area contributed by atoms with Crippen LogP contribution < -0.4 is 10.5 Å². The Morgan fingerprint density at radius 3 is 2.81 bits per heavy atom. The van der Waals surface area contributed by atoms with Crippen LogP contribution in [-0.2, 0) is 12.8 Å². The van der Waals surface area contributed by atoms with Crippen LogP contribution in [-0.4, -0.2) is 17.1 Å². The van der Waals surface area contributed by atoms with E-state index in [9.17, 15) is 0 Å². The fraction of sp³-hybridized carbons (Fsp3) is 0.250. The fourth-order valence-corrected chi connectivity index (χ4v) is 3.31. The monoisotopic (exact) mass is 299 g/mol. The molecule has 0 aliphatic rings. The number of methoxy groups -OCH3 is 1. The maximum absolute atomic E-state index is 6.07. The highest BCUT2D eigenvalue weighted by molar-refractivity contribution is 7.18. The fourth-order valence-electron chi connectivity index (χ4n) is 2.31. The number of ether oxygens (including phenoxy) is 1. The van der Waals surface area contributed by atoms with Crippen molar-refractivity contribution in [3.05, 3.63) is 46.6 Å². The lowest BCUT2D eigenvalue weighted by Gasteiger charge is -2.07. The van der Waals surface area contributed by atoms with Crippen LogP contribution in [0.1, 0.15) is 23.2 Å². The standard InChI is InChI=1S/C16H17N3OS/c1-3-11-9-12-15(17)18-14(19-16(12)21-11)8-10-6-4-5-7-13(10)20-2/h4-7,9H,3,8H2,1-2H3,(H2,17,18,19). The molecular weight excluding hydrogens is 282 g/mol. The SMILES string of the molecule is CCc1cc2c(N)nc(Cc3ccccc3OC)nc2s1. The molecule has 0 aliphatic carbocycles. The summed E-state index contributed by atoms with van der Waals surface area (Å²) in [5, 5.41) is 0.959. The number of aryl methyl sites for hydroxylation is 1. The molecule has 21 heavy (non-hydrogen) atoms. The molecule has 0 bridgehead atoms. The smallest absolute Gasteiger partial charge is 0.136 e. The van der Waals surface area contributed by atoms with Crippen LogP contribution in [0.5, 0.6) is 5.75 Å². The second kappa shape index (κ2) is 5.69. The Labute approximate surface area is 127 Å². The Kier molecular flexibility index (Phi) is 3.75. The Hall–Kier alpha value is -2.14. The summed E-state index contributed by atoms with van der Waals surface area (Å²) in [4.78, 5) is 11.3. The second-order valence-electron chi connectivity index (χ2n) is 4.80. The number of benzene rings is 1. The molecule has 0 saturated heterocycles. The molecule has 108 valence electrons. The van der Waals surface area contributed by atoms with Gasteiger partial charge in [-0.3, -0.25) is 0 Å². The molecule has 2 heterocycles. The lowest BCUT2D eigenvalue weighted by Crippen LogP contribution is -2.02. The van der Waals surface area contributed by atoms with E-state index in [0.29, 0.717) is 12.2 Å². The van der Waals surface area contributed by atoms with Gasteiger partial charge in [0, 0.05) is 16.9 Å². The molecule has 3 aromatic rings. The zero-order chi connectivity index (χ0) is 14.8. The van der Waals surface area contributed by atoms with Crippen molar-refractivity contribution in [2.45, 2.75) is 19.8 Å². The first kappa shape index (κ1) is 13.8. The van der Waals surface area contributed by atoms with Gasteiger partial charge in [-0.25, -0.2) is 9.97 Å². The topological polar surface area (TPSA) is 61.0 Å². The van der Waals surface area contributed by atoms with Gasteiger partial charge in [0.05, 0.1) is 12.5 Å². The number of nitrogens with zero attached hydrogens (tertiary/aromatic N) is 2. The van der Waals surface area contributed by atoms with Gasteiger partial charge in [-0.05, 0) is 18.6 Å². The van der Waals surface area contributed by atoms with E-state index in [1.807, 2.05) is 24.3 Å². The summed E-state index contributed by atoms with van der Waals surface area (Å²) in [6.45, 7) is 2.13. The van der Waals surface area contributed by atoms with Crippen LogP contribution in [0.15, 0.2) is 30.3 Å². The summed E-state index contributed by atoms with van der Waals surface area (Å²) in [7, 11) is 1.67. The van der Waals surface area contributed by atoms with Gasteiger partial charge in [0.2, 0.25) is 0 Å². The molecule has 0 amide bonds. The van der Waals surface area contributed by atoms with Crippen LogP contribution >= 0.6 is 11.3 Å². The van der Waals surface area contributed by atoms with Crippen molar-refractivity contribution >= 4 is 27.4 Å². The summed E-state index contributed by atoms with van der Waals surface area (Å²) in [6.07, 6.45) is 1.60. The van der Waals surface area contributed by atoms with Gasteiger partial charge in [-0.2, -0.15) is 0 Å². The number of nitrogens with two attached hydrogens (primary N) is 1. The third kappa shape index (κ3) is 2.69. The van der Waals surface area contributed by atoms with E-state index in [0.717, 1.165) is 33.8 Å². The average Bonchev–Trinajstić information content (AvgIpc) is 2.91. The minimum Gasteiger partial charge on any atom is -0.496 e. The summed E-state index contributed by atoms with van der Waals surface area (Å²) in [6, 6.07) is 9.99. The third-order valence-corrected chi connectivity index (χ3v) is 4.58. The zero-order valence-electron chi connectivity index (χ0n) is 12.1. The summed E-state index contributed by atoms with van der Waals surface area (Å²) in [5.74, 6) is 2.13. The molecular formula is C16H17N3OS. The van der Waals surface area contributed by atoms with E-state index in [1.165, 1.54) is 4.88 Å². The van der Waals surface area contributed by atoms with Crippen LogP contribution in [0.2, 0.25) is 0 Å². The molecule has 1 aromatic carbocycles. The number of para-hydroxylation sites is 1. The largest absolute Gasteiger partial charge is 0.496 e. The summed E-state index contributed by atoms with van der Waals surface area (Å²) in [5.41, 5.74) is 7.13. The van der Waals surface area contributed by atoms with Crippen LogP contribution in [0.3, 0.4) is 0 Å². The molecule has 5 heteroatoms. The van der Waals surface area contributed by atoms with E-state index >= 15 is 0 Å². The molecule has 0 spiro atoms. The Balaban J connectivity index is 2.01. The first-order chi connectivity index (χ1) is 10.2. The molecule has 4 nitrogen and oxygen atoms in total. The minimum absolute atomic E-state index is 0.556.